The molecule has 2 N–H and O–H groups in total. The SMILES string of the molecule is COc1ccc(Nc2ncc(C(C)NC(=O)OC(C)(C)C)nn2)cc1. The molecule has 1 heterocycles. The van der Waals surface area contributed by atoms with Crippen LogP contribution in [0.5, 0.6) is 5.75 Å². The Hall–Kier alpha value is -2.90. The minimum Gasteiger partial charge on any atom is -0.497 e. The number of benzene rings is 1. The Morgan fingerprint density at radius 2 is 1.84 bits per heavy atom. The predicted molar refractivity (Wildman–Crippen MR) is 93.9 cm³/mol. The lowest BCUT2D eigenvalue weighted by molar-refractivity contribution is 0.0506. The van der Waals surface area contributed by atoms with Crippen molar-refractivity contribution in [2.24, 2.45) is 0 Å². The van der Waals surface area contributed by atoms with E-state index >= 15 is 0 Å². The van der Waals surface area contributed by atoms with Gasteiger partial charge in [-0.25, -0.2) is 9.78 Å². The van der Waals surface area contributed by atoms with Gasteiger partial charge in [-0.15, -0.1) is 10.2 Å². The van der Waals surface area contributed by atoms with Crippen LogP contribution in [0.2, 0.25) is 0 Å². The zero-order valence-electron chi connectivity index (χ0n) is 15.0. The second-order valence-corrected chi connectivity index (χ2v) is 6.43. The van der Waals surface area contributed by atoms with Gasteiger partial charge in [0.1, 0.15) is 17.0 Å². The van der Waals surface area contributed by atoms with Gasteiger partial charge in [0.2, 0.25) is 5.95 Å². The summed E-state index contributed by atoms with van der Waals surface area (Å²) in [6.07, 6.45) is 1.04. The number of amides is 1. The molecule has 2 aromatic rings. The zero-order chi connectivity index (χ0) is 18.4. The molecule has 1 unspecified atom stereocenters. The number of alkyl carbamates (subject to hydrolysis) is 1. The second kappa shape index (κ2) is 7.78. The zero-order valence-corrected chi connectivity index (χ0v) is 15.0. The molecular weight excluding hydrogens is 322 g/mol. The smallest absolute Gasteiger partial charge is 0.408 e. The Kier molecular flexibility index (Phi) is 5.74. The number of carbonyl (C=O) groups excluding carboxylic acids is 1. The van der Waals surface area contributed by atoms with Crippen molar-refractivity contribution < 1.29 is 14.3 Å². The quantitative estimate of drug-likeness (QED) is 0.858. The molecule has 134 valence electrons. The lowest BCUT2D eigenvalue weighted by Crippen LogP contribution is -2.34. The second-order valence-electron chi connectivity index (χ2n) is 6.43. The van der Waals surface area contributed by atoms with Crippen molar-refractivity contribution in [3.63, 3.8) is 0 Å². The van der Waals surface area contributed by atoms with Crippen LogP contribution < -0.4 is 15.4 Å². The first-order valence-corrected chi connectivity index (χ1v) is 7.87. The fraction of sp³-hybridized carbons (Fsp3) is 0.412. The molecule has 0 saturated heterocycles. The molecule has 0 spiro atoms. The van der Waals surface area contributed by atoms with E-state index in [1.165, 1.54) is 0 Å². The molecule has 8 nitrogen and oxygen atoms in total. The lowest BCUT2D eigenvalue weighted by atomic mass is 10.2. The number of nitrogens with zero attached hydrogens (tertiary/aromatic N) is 3. The third-order valence-electron chi connectivity index (χ3n) is 3.10. The molecule has 0 saturated carbocycles. The van der Waals surface area contributed by atoms with Gasteiger partial charge in [0.15, 0.2) is 0 Å². The molecule has 0 radical (unpaired) electrons. The number of carbonyl (C=O) groups is 1. The van der Waals surface area contributed by atoms with E-state index < -0.39 is 11.7 Å². The molecule has 0 aliphatic carbocycles. The highest BCUT2D eigenvalue weighted by atomic mass is 16.6. The van der Waals surface area contributed by atoms with Crippen LogP contribution in [-0.4, -0.2) is 34.0 Å². The first-order valence-electron chi connectivity index (χ1n) is 7.87. The van der Waals surface area contributed by atoms with Crippen LogP contribution in [0.25, 0.3) is 0 Å². The molecule has 1 aromatic heterocycles. The van der Waals surface area contributed by atoms with Crippen LogP contribution in [0, 0.1) is 0 Å². The van der Waals surface area contributed by atoms with Crippen molar-refractivity contribution >= 4 is 17.7 Å². The summed E-state index contributed by atoms with van der Waals surface area (Å²) in [4.78, 5) is 16.0. The van der Waals surface area contributed by atoms with Crippen LogP contribution in [0.4, 0.5) is 16.4 Å². The Labute approximate surface area is 147 Å². The summed E-state index contributed by atoms with van der Waals surface area (Å²) in [7, 11) is 1.61. The Morgan fingerprint density at radius 1 is 1.16 bits per heavy atom. The maximum absolute atomic E-state index is 11.8. The molecule has 25 heavy (non-hydrogen) atoms. The van der Waals surface area contributed by atoms with Gasteiger partial charge >= 0.3 is 6.09 Å². The molecule has 2 rings (SSSR count). The van der Waals surface area contributed by atoms with E-state index in [0.29, 0.717) is 11.6 Å². The van der Waals surface area contributed by atoms with Gasteiger partial charge in [0, 0.05) is 5.69 Å². The standard InChI is InChI=1S/C17H23N5O3/c1-11(19-16(23)25-17(2,3)4)14-10-18-15(22-21-14)20-12-6-8-13(24-5)9-7-12/h6-11H,1-5H3,(H,19,23)(H,18,20,22). The van der Waals surface area contributed by atoms with E-state index in [9.17, 15) is 4.79 Å². The summed E-state index contributed by atoms with van der Waals surface area (Å²) in [6.45, 7) is 7.20. The summed E-state index contributed by atoms with van der Waals surface area (Å²) in [5.41, 5.74) is 0.793. The third-order valence-corrected chi connectivity index (χ3v) is 3.10. The fourth-order valence-corrected chi connectivity index (χ4v) is 1.90. The number of nitrogens with one attached hydrogen (secondary N) is 2. The number of rotatable bonds is 5. The number of hydrogen-bond acceptors (Lipinski definition) is 7. The summed E-state index contributed by atoms with van der Waals surface area (Å²) >= 11 is 0. The first kappa shape index (κ1) is 18.4. The van der Waals surface area contributed by atoms with E-state index in [0.717, 1.165) is 11.4 Å². The summed E-state index contributed by atoms with van der Waals surface area (Å²) in [5, 5.41) is 13.8. The molecule has 0 fully saturated rings. The van der Waals surface area contributed by atoms with Gasteiger partial charge < -0.3 is 20.1 Å². The topological polar surface area (TPSA) is 98.3 Å². The number of anilines is 2. The highest BCUT2D eigenvalue weighted by molar-refractivity contribution is 5.68. The van der Waals surface area contributed by atoms with Crippen molar-refractivity contribution in [1.82, 2.24) is 20.5 Å². The average molecular weight is 345 g/mol. The number of hydrogen-bond donors (Lipinski definition) is 2. The number of methoxy groups -OCH3 is 1. The lowest BCUT2D eigenvalue weighted by Gasteiger charge is -2.21. The monoisotopic (exact) mass is 345 g/mol. The van der Waals surface area contributed by atoms with Crippen molar-refractivity contribution in [2.45, 2.75) is 39.3 Å². The van der Waals surface area contributed by atoms with E-state index in [1.54, 1.807) is 41.0 Å². The molecule has 0 bridgehead atoms. The van der Waals surface area contributed by atoms with Crippen LogP contribution in [0.1, 0.15) is 39.4 Å². The van der Waals surface area contributed by atoms with Crippen molar-refractivity contribution in [1.29, 1.82) is 0 Å². The van der Waals surface area contributed by atoms with Gasteiger partial charge in [-0.2, -0.15) is 0 Å². The van der Waals surface area contributed by atoms with Gasteiger partial charge in [-0.3, -0.25) is 0 Å². The summed E-state index contributed by atoms with van der Waals surface area (Å²) in [5.74, 6) is 1.13. The maximum Gasteiger partial charge on any atom is 0.408 e. The van der Waals surface area contributed by atoms with Gasteiger partial charge in [0.05, 0.1) is 19.3 Å². The van der Waals surface area contributed by atoms with E-state index in [2.05, 4.69) is 25.8 Å². The predicted octanol–water partition coefficient (Wildman–Crippen LogP) is 3.21. The fourth-order valence-electron chi connectivity index (χ4n) is 1.90. The molecule has 0 aliphatic rings. The van der Waals surface area contributed by atoms with Gasteiger partial charge in [-0.1, -0.05) is 0 Å². The molecule has 1 amide bonds. The van der Waals surface area contributed by atoms with Crippen molar-refractivity contribution in [2.75, 3.05) is 12.4 Å². The largest absolute Gasteiger partial charge is 0.497 e. The van der Waals surface area contributed by atoms with Crippen LogP contribution in [-0.2, 0) is 4.74 Å². The Balaban J connectivity index is 1.95. The molecule has 1 atom stereocenters. The number of aromatic nitrogens is 3. The van der Waals surface area contributed by atoms with E-state index in [1.807, 2.05) is 24.3 Å². The molecule has 0 aliphatic heterocycles. The van der Waals surface area contributed by atoms with E-state index in [-0.39, 0.29) is 6.04 Å². The summed E-state index contributed by atoms with van der Waals surface area (Å²) in [6, 6.07) is 6.99. The van der Waals surface area contributed by atoms with Crippen molar-refractivity contribution in [3.8, 4) is 5.75 Å². The minimum absolute atomic E-state index is 0.360. The van der Waals surface area contributed by atoms with Gasteiger partial charge in [-0.05, 0) is 52.0 Å². The normalized spacial score (nSPS) is 12.2. The van der Waals surface area contributed by atoms with Gasteiger partial charge in [0.25, 0.3) is 0 Å². The average Bonchev–Trinajstić information content (AvgIpc) is 2.54. The minimum atomic E-state index is -0.556. The maximum atomic E-state index is 11.8. The molecule has 1 aromatic carbocycles. The number of ether oxygens (including phenoxy) is 2. The highest BCUT2D eigenvalue weighted by Gasteiger charge is 2.19. The highest BCUT2D eigenvalue weighted by Crippen LogP contribution is 2.18. The van der Waals surface area contributed by atoms with E-state index in [4.69, 9.17) is 9.47 Å². The third kappa shape index (κ3) is 5.91. The summed E-state index contributed by atoms with van der Waals surface area (Å²) < 4.78 is 10.3. The Bertz CT molecular complexity index is 696. The van der Waals surface area contributed by atoms with Crippen molar-refractivity contribution in [3.05, 3.63) is 36.2 Å². The first-order chi connectivity index (χ1) is 11.8. The molecular formula is C17H23N5O3. The van der Waals surface area contributed by atoms with Crippen LogP contribution in [0.15, 0.2) is 30.5 Å². The van der Waals surface area contributed by atoms with Crippen LogP contribution >= 0.6 is 0 Å². The Morgan fingerprint density at radius 3 is 2.36 bits per heavy atom. The molecule has 8 heteroatoms. The van der Waals surface area contributed by atoms with Crippen LogP contribution in [0.3, 0.4) is 0 Å².